The summed E-state index contributed by atoms with van der Waals surface area (Å²) in [6.07, 6.45) is 6.23. The molecule has 27 heavy (non-hydrogen) atoms. The van der Waals surface area contributed by atoms with Crippen molar-refractivity contribution in [2.75, 3.05) is 16.8 Å². The first kappa shape index (κ1) is 16.6. The lowest BCUT2D eigenvalue weighted by Crippen LogP contribution is -2.36. The molecule has 2 aromatic rings. The second kappa shape index (κ2) is 6.00. The maximum Gasteiger partial charge on any atom is 0.0600 e. The van der Waals surface area contributed by atoms with Crippen LogP contribution < -0.4 is 9.80 Å². The topological polar surface area (TPSA) is 6.48 Å². The van der Waals surface area contributed by atoms with Crippen molar-refractivity contribution in [3.8, 4) is 0 Å². The summed E-state index contributed by atoms with van der Waals surface area (Å²) in [5.74, 6) is 0.614. The van der Waals surface area contributed by atoms with Gasteiger partial charge in [-0.1, -0.05) is 37.8 Å². The van der Waals surface area contributed by atoms with E-state index in [1.165, 1.54) is 57.4 Å². The predicted octanol–water partition coefficient (Wildman–Crippen LogP) is 6.49. The zero-order chi connectivity index (χ0) is 18.7. The van der Waals surface area contributed by atoms with E-state index < -0.39 is 0 Å². The first-order valence-electron chi connectivity index (χ1n) is 9.60. The van der Waals surface area contributed by atoms with E-state index in [1.54, 1.807) is 0 Å². The van der Waals surface area contributed by atoms with Crippen molar-refractivity contribution in [1.82, 2.24) is 0 Å². The summed E-state index contributed by atoms with van der Waals surface area (Å²) in [6, 6.07) is 12.9. The fourth-order valence-electron chi connectivity index (χ4n) is 4.38. The van der Waals surface area contributed by atoms with Crippen LogP contribution in [0.25, 0.3) is 5.57 Å². The highest BCUT2D eigenvalue weighted by Gasteiger charge is 2.37. The van der Waals surface area contributed by atoms with Gasteiger partial charge in [0, 0.05) is 34.6 Å². The molecule has 0 unspecified atom stereocenters. The second-order valence-corrected chi connectivity index (χ2v) is 8.94. The van der Waals surface area contributed by atoms with Crippen molar-refractivity contribution in [1.29, 1.82) is 0 Å². The average molecular weight is 373 g/mol. The number of fused-ring (bicyclic) bond motifs is 1. The molecule has 0 radical (unpaired) electrons. The molecule has 5 rings (SSSR count). The van der Waals surface area contributed by atoms with E-state index in [1.807, 2.05) is 11.3 Å². The molecule has 136 valence electrons. The zero-order valence-electron chi connectivity index (χ0n) is 16.0. The van der Waals surface area contributed by atoms with Crippen LogP contribution in [0.5, 0.6) is 0 Å². The van der Waals surface area contributed by atoms with Gasteiger partial charge >= 0.3 is 0 Å². The Hall–Kier alpha value is -2.52. The van der Waals surface area contributed by atoms with Gasteiger partial charge in [0.15, 0.2) is 0 Å². The molecule has 0 amide bonds. The third kappa shape index (κ3) is 2.38. The van der Waals surface area contributed by atoms with Crippen molar-refractivity contribution in [3.05, 3.63) is 88.1 Å². The normalized spacial score (nSPS) is 19.7. The number of para-hydroxylation sites is 1. The van der Waals surface area contributed by atoms with Gasteiger partial charge in [-0.2, -0.15) is 0 Å². The lowest BCUT2D eigenvalue weighted by molar-refractivity contribution is 0.362. The van der Waals surface area contributed by atoms with Gasteiger partial charge in [0.05, 0.1) is 16.3 Å². The standard InChI is InChI=1S/C24H24N2S/c1-15-13-22-24(27-15)16(2)23-17(3)26(19-11-6-5-7-12-19)20(18-9-8-10-18)14-21(23)25(22)4/h5-7,11-14,18H,2-3,8-10H2,1,4H3. The fraction of sp³-hybridized carbons (Fsp3) is 0.250. The van der Waals surface area contributed by atoms with Crippen LogP contribution in [0.2, 0.25) is 0 Å². The van der Waals surface area contributed by atoms with Gasteiger partial charge in [-0.05, 0) is 55.5 Å². The third-order valence-corrected chi connectivity index (χ3v) is 7.13. The number of rotatable bonds is 2. The van der Waals surface area contributed by atoms with Gasteiger partial charge in [-0.3, -0.25) is 0 Å². The number of allylic oxidation sites excluding steroid dienone is 3. The molecule has 0 spiro atoms. The Kier molecular flexibility index (Phi) is 3.70. The van der Waals surface area contributed by atoms with E-state index in [2.05, 4.69) is 79.4 Å². The van der Waals surface area contributed by atoms with Crippen LogP contribution in [0.3, 0.4) is 0 Å². The van der Waals surface area contributed by atoms with Gasteiger partial charge in [-0.15, -0.1) is 11.3 Å². The largest absolute Gasteiger partial charge is 0.343 e. The first-order chi connectivity index (χ1) is 13.1. The van der Waals surface area contributed by atoms with Gasteiger partial charge < -0.3 is 9.80 Å². The zero-order valence-corrected chi connectivity index (χ0v) is 16.8. The van der Waals surface area contributed by atoms with Crippen molar-refractivity contribution in [2.45, 2.75) is 26.2 Å². The van der Waals surface area contributed by atoms with Crippen molar-refractivity contribution in [2.24, 2.45) is 5.92 Å². The van der Waals surface area contributed by atoms with Gasteiger partial charge in [0.1, 0.15) is 0 Å². The van der Waals surface area contributed by atoms with E-state index >= 15 is 0 Å². The second-order valence-electron chi connectivity index (χ2n) is 7.68. The van der Waals surface area contributed by atoms with Crippen LogP contribution >= 0.6 is 11.3 Å². The summed E-state index contributed by atoms with van der Waals surface area (Å²) in [5.41, 5.74) is 8.41. The molecule has 1 aromatic carbocycles. The van der Waals surface area contributed by atoms with Crippen LogP contribution in [-0.2, 0) is 0 Å². The molecule has 1 saturated carbocycles. The molecule has 1 fully saturated rings. The Bertz CT molecular complexity index is 1020. The lowest BCUT2D eigenvalue weighted by Gasteiger charge is -2.44. The molecule has 3 heterocycles. The molecule has 2 nitrogen and oxygen atoms in total. The van der Waals surface area contributed by atoms with E-state index in [4.69, 9.17) is 0 Å². The molecule has 1 aliphatic carbocycles. The van der Waals surface area contributed by atoms with E-state index in [9.17, 15) is 0 Å². The van der Waals surface area contributed by atoms with Crippen LogP contribution in [0.4, 0.5) is 11.4 Å². The molecule has 3 aliphatic rings. The summed E-state index contributed by atoms with van der Waals surface area (Å²) >= 11 is 1.82. The smallest absolute Gasteiger partial charge is 0.0600 e. The van der Waals surface area contributed by atoms with E-state index in [0.717, 1.165) is 11.3 Å². The molecular weight excluding hydrogens is 348 g/mol. The van der Waals surface area contributed by atoms with Crippen LogP contribution in [-0.4, -0.2) is 7.05 Å². The van der Waals surface area contributed by atoms with Crippen molar-refractivity contribution >= 4 is 28.3 Å². The number of anilines is 2. The summed E-state index contributed by atoms with van der Waals surface area (Å²) in [5, 5.41) is 0. The number of hydrogen-bond acceptors (Lipinski definition) is 3. The van der Waals surface area contributed by atoms with Crippen LogP contribution in [0.1, 0.15) is 29.0 Å². The molecule has 0 atom stereocenters. The van der Waals surface area contributed by atoms with E-state index in [-0.39, 0.29) is 0 Å². The Morgan fingerprint density at radius 2 is 1.85 bits per heavy atom. The quantitative estimate of drug-likeness (QED) is 0.594. The maximum absolute atomic E-state index is 4.56. The van der Waals surface area contributed by atoms with Crippen molar-refractivity contribution < 1.29 is 0 Å². The number of hydrogen-bond donors (Lipinski definition) is 0. The minimum Gasteiger partial charge on any atom is -0.343 e. The summed E-state index contributed by atoms with van der Waals surface area (Å²) in [6.45, 7) is 11.2. The predicted molar refractivity (Wildman–Crippen MR) is 117 cm³/mol. The molecule has 1 aromatic heterocycles. The molecule has 0 N–H and O–H groups in total. The fourth-order valence-corrected chi connectivity index (χ4v) is 5.40. The Balaban J connectivity index is 1.69. The Labute approximate surface area is 165 Å². The summed E-state index contributed by atoms with van der Waals surface area (Å²) in [7, 11) is 2.17. The molecular formula is C24H24N2S. The van der Waals surface area contributed by atoms with E-state index in [0.29, 0.717) is 5.92 Å². The Morgan fingerprint density at radius 3 is 2.52 bits per heavy atom. The number of likely N-dealkylation sites (N-methyl/N-ethyl adjacent to an activating group) is 1. The summed E-state index contributed by atoms with van der Waals surface area (Å²) < 4.78 is 0. The number of benzene rings is 1. The lowest BCUT2D eigenvalue weighted by atomic mass is 9.79. The van der Waals surface area contributed by atoms with Crippen molar-refractivity contribution in [3.63, 3.8) is 0 Å². The number of nitrogens with zero attached hydrogens (tertiary/aromatic N) is 2. The highest BCUT2D eigenvalue weighted by molar-refractivity contribution is 7.13. The van der Waals surface area contributed by atoms with Crippen LogP contribution in [0.15, 0.2) is 78.3 Å². The Morgan fingerprint density at radius 1 is 1.11 bits per heavy atom. The SMILES string of the molecule is C=C1C2=C(C=C(C3CCC3)N(c3ccccc3)C2=C)N(C)c2cc(C)sc21. The molecule has 2 aliphatic heterocycles. The minimum absolute atomic E-state index is 0.614. The van der Waals surface area contributed by atoms with Gasteiger partial charge in [0.2, 0.25) is 0 Å². The molecule has 0 bridgehead atoms. The number of thiophene rings is 1. The average Bonchev–Trinajstić information content (AvgIpc) is 3.01. The summed E-state index contributed by atoms with van der Waals surface area (Å²) in [4.78, 5) is 7.28. The third-order valence-electron chi connectivity index (χ3n) is 6.03. The highest BCUT2D eigenvalue weighted by atomic mass is 32.1. The number of aryl methyl sites for hydroxylation is 1. The minimum atomic E-state index is 0.614. The first-order valence-corrected chi connectivity index (χ1v) is 10.4. The molecule has 3 heteroatoms. The van der Waals surface area contributed by atoms with Gasteiger partial charge in [-0.25, -0.2) is 0 Å². The monoisotopic (exact) mass is 372 g/mol. The molecule has 0 saturated heterocycles. The van der Waals surface area contributed by atoms with Gasteiger partial charge in [0.25, 0.3) is 0 Å². The van der Waals surface area contributed by atoms with Crippen LogP contribution in [0, 0.1) is 12.8 Å². The highest BCUT2D eigenvalue weighted by Crippen LogP contribution is 2.51. The maximum atomic E-state index is 4.56.